The van der Waals surface area contributed by atoms with E-state index in [1.807, 2.05) is 66.7 Å². The average Bonchev–Trinajstić information content (AvgIpc) is 2.92. The summed E-state index contributed by atoms with van der Waals surface area (Å²) >= 11 is 0. The molecule has 0 bridgehead atoms. The van der Waals surface area contributed by atoms with Gasteiger partial charge in [0.25, 0.3) is 5.91 Å². The fraction of sp³-hybridized carbons (Fsp3) is 0.133. The Bertz CT molecular complexity index is 1490. The smallest absolute Gasteiger partial charge is 0.259 e. The van der Waals surface area contributed by atoms with Gasteiger partial charge in [-0.2, -0.15) is 5.26 Å². The first-order valence-corrected chi connectivity index (χ1v) is 11.3. The number of benzene rings is 4. The van der Waals surface area contributed by atoms with Crippen LogP contribution in [-0.2, 0) is 12.0 Å². The van der Waals surface area contributed by atoms with E-state index in [-0.39, 0.29) is 12.3 Å². The van der Waals surface area contributed by atoms with Crippen LogP contribution in [0.1, 0.15) is 27.0 Å². The molecule has 35 heavy (non-hydrogen) atoms. The van der Waals surface area contributed by atoms with Crippen molar-refractivity contribution < 1.29 is 14.3 Å². The van der Waals surface area contributed by atoms with Crippen molar-refractivity contribution in [3.63, 3.8) is 0 Å². The number of nitriles is 1. The number of amides is 1. The third kappa shape index (κ3) is 3.70. The lowest BCUT2D eigenvalue weighted by Gasteiger charge is -2.41. The second-order valence-electron chi connectivity index (χ2n) is 8.45. The van der Waals surface area contributed by atoms with Crippen LogP contribution in [0.3, 0.4) is 0 Å². The molecule has 5 rings (SSSR count). The first kappa shape index (κ1) is 22.2. The summed E-state index contributed by atoms with van der Waals surface area (Å²) in [5, 5.41) is 13.0. The quantitative estimate of drug-likeness (QED) is 0.369. The van der Waals surface area contributed by atoms with Crippen LogP contribution in [0.25, 0.3) is 16.8 Å². The van der Waals surface area contributed by atoms with Crippen molar-refractivity contribution in [3.8, 4) is 17.6 Å². The second kappa shape index (κ2) is 9.00. The fourth-order valence-electron chi connectivity index (χ4n) is 4.84. The molecule has 1 atom stereocenters. The van der Waals surface area contributed by atoms with Crippen LogP contribution < -0.4 is 9.47 Å². The van der Waals surface area contributed by atoms with Crippen molar-refractivity contribution in [2.24, 2.45) is 0 Å². The zero-order valence-corrected chi connectivity index (χ0v) is 19.6. The van der Waals surface area contributed by atoms with E-state index >= 15 is 0 Å². The molecule has 4 aromatic rings. The van der Waals surface area contributed by atoms with Crippen LogP contribution in [-0.4, -0.2) is 25.0 Å². The summed E-state index contributed by atoms with van der Waals surface area (Å²) in [7, 11) is 3.12. The molecular formula is C30H24N2O3. The molecule has 1 heterocycles. The lowest BCUT2D eigenvalue weighted by Crippen LogP contribution is -2.49. The van der Waals surface area contributed by atoms with Gasteiger partial charge in [0.1, 0.15) is 0 Å². The lowest BCUT2D eigenvalue weighted by molar-refractivity contribution is 0.0693. The summed E-state index contributed by atoms with van der Waals surface area (Å²) in [6.07, 6.45) is 3.82. The van der Waals surface area contributed by atoms with Crippen LogP contribution in [0.5, 0.6) is 11.5 Å². The summed E-state index contributed by atoms with van der Waals surface area (Å²) < 4.78 is 11.4. The normalized spacial score (nSPS) is 16.4. The predicted octanol–water partition coefficient (Wildman–Crippen LogP) is 5.95. The van der Waals surface area contributed by atoms with Crippen LogP contribution in [0.4, 0.5) is 0 Å². The highest BCUT2D eigenvalue weighted by atomic mass is 16.5. The molecule has 0 aliphatic carbocycles. The van der Waals surface area contributed by atoms with Crippen LogP contribution >= 0.6 is 0 Å². The van der Waals surface area contributed by atoms with E-state index in [0.29, 0.717) is 22.6 Å². The number of hydrogen-bond donors (Lipinski definition) is 0. The number of hydrogen-bond acceptors (Lipinski definition) is 4. The van der Waals surface area contributed by atoms with Crippen molar-refractivity contribution in [3.05, 3.63) is 113 Å². The maximum atomic E-state index is 13.8. The van der Waals surface area contributed by atoms with Crippen LogP contribution in [0, 0.1) is 11.3 Å². The third-order valence-corrected chi connectivity index (χ3v) is 6.50. The highest BCUT2D eigenvalue weighted by Gasteiger charge is 2.47. The van der Waals surface area contributed by atoms with E-state index in [0.717, 1.165) is 21.9 Å². The molecule has 0 saturated heterocycles. The Hall–Kier alpha value is -4.56. The minimum Gasteiger partial charge on any atom is -0.493 e. The molecule has 1 amide bonds. The van der Waals surface area contributed by atoms with Gasteiger partial charge < -0.3 is 9.47 Å². The lowest BCUT2D eigenvalue weighted by atomic mass is 9.77. The van der Waals surface area contributed by atoms with Crippen LogP contribution in [0.2, 0.25) is 0 Å². The van der Waals surface area contributed by atoms with Gasteiger partial charge in [-0.3, -0.25) is 9.69 Å². The first-order chi connectivity index (χ1) is 17.1. The molecule has 172 valence electrons. The van der Waals surface area contributed by atoms with Crippen molar-refractivity contribution in [1.29, 1.82) is 5.26 Å². The molecule has 4 aromatic carbocycles. The van der Waals surface area contributed by atoms with Gasteiger partial charge in [-0.1, -0.05) is 66.7 Å². The largest absolute Gasteiger partial charge is 0.493 e. The molecule has 0 N–H and O–H groups in total. The predicted molar refractivity (Wildman–Crippen MR) is 136 cm³/mol. The molecule has 0 saturated carbocycles. The van der Waals surface area contributed by atoms with Gasteiger partial charge in [-0.25, -0.2) is 0 Å². The molecular weight excluding hydrogens is 436 g/mol. The maximum Gasteiger partial charge on any atom is 0.259 e. The summed E-state index contributed by atoms with van der Waals surface area (Å²) in [5.41, 5.74) is 1.49. The zero-order chi connectivity index (χ0) is 24.4. The molecule has 0 radical (unpaired) electrons. The molecule has 0 fully saturated rings. The minimum atomic E-state index is -1.36. The van der Waals surface area contributed by atoms with E-state index in [9.17, 15) is 10.1 Å². The number of carbonyl (C=O) groups is 1. The van der Waals surface area contributed by atoms with E-state index in [4.69, 9.17) is 9.47 Å². The number of ether oxygens (including phenoxy) is 2. The van der Waals surface area contributed by atoms with E-state index in [2.05, 4.69) is 18.2 Å². The van der Waals surface area contributed by atoms with Gasteiger partial charge in [0, 0.05) is 23.7 Å². The second-order valence-corrected chi connectivity index (χ2v) is 8.45. The van der Waals surface area contributed by atoms with Crippen molar-refractivity contribution in [1.82, 2.24) is 4.90 Å². The molecule has 1 aliphatic rings. The van der Waals surface area contributed by atoms with Gasteiger partial charge >= 0.3 is 0 Å². The highest BCUT2D eigenvalue weighted by molar-refractivity contribution is 5.97. The fourth-order valence-corrected chi connectivity index (χ4v) is 4.84. The zero-order valence-electron chi connectivity index (χ0n) is 19.6. The number of rotatable bonds is 5. The first-order valence-electron chi connectivity index (χ1n) is 11.3. The van der Waals surface area contributed by atoms with Crippen molar-refractivity contribution in [2.75, 3.05) is 14.2 Å². The number of methoxy groups -OCH3 is 2. The SMILES string of the molecule is COc1ccc2c(c1OC)C(C#N)(Cc1ccc3ccccc3c1)N(C(=O)c1ccccc1)C=C2. The Labute approximate surface area is 204 Å². The summed E-state index contributed by atoms with van der Waals surface area (Å²) in [6, 6.07) is 29.4. The standard InChI is InChI=1S/C30H24N2O3/c1-34-26-15-14-23-16-17-32(29(33)24-9-4-3-5-10-24)30(20-31,27(23)28(26)35-2)19-21-12-13-22-8-6-7-11-25(22)18-21/h3-18H,19H2,1-2H3. The number of carbonyl (C=O) groups excluding carboxylic acids is 1. The Morgan fingerprint density at radius 2 is 1.66 bits per heavy atom. The van der Waals surface area contributed by atoms with E-state index < -0.39 is 5.54 Å². The summed E-state index contributed by atoms with van der Waals surface area (Å²) in [4.78, 5) is 15.3. The highest BCUT2D eigenvalue weighted by Crippen LogP contribution is 2.47. The van der Waals surface area contributed by atoms with Gasteiger partial charge in [-0.15, -0.1) is 0 Å². The molecule has 5 heteroatoms. The monoisotopic (exact) mass is 460 g/mol. The minimum absolute atomic E-state index is 0.264. The Morgan fingerprint density at radius 1 is 0.914 bits per heavy atom. The molecule has 0 aromatic heterocycles. The maximum absolute atomic E-state index is 13.8. The Morgan fingerprint density at radius 3 is 2.37 bits per heavy atom. The van der Waals surface area contributed by atoms with Crippen molar-refractivity contribution >= 4 is 22.8 Å². The van der Waals surface area contributed by atoms with Crippen molar-refractivity contribution in [2.45, 2.75) is 12.0 Å². The Balaban J connectivity index is 1.74. The van der Waals surface area contributed by atoms with E-state index in [1.54, 1.807) is 32.6 Å². The molecule has 1 aliphatic heterocycles. The summed E-state index contributed by atoms with van der Waals surface area (Å²) in [5.74, 6) is 0.689. The van der Waals surface area contributed by atoms with Gasteiger partial charge in [0.15, 0.2) is 17.0 Å². The summed E-state index contributed by atoms with van der Waals surface area (Å²) in [6.45, 7) is 0. The van der Waals surface area contributed by atoms with Crippen LogP contribution in [0.15, 0.2) is 91.1 Å². The van der Waals surface area contributed by atoms with E-state index in [1.165, 1.54) is 4.90 Å². The average molecular weight is 461 g/mol. The van der Waals surface area contributed by atoms with Gasteiger partial charge in [0.05, 0.1) is 20.3 Å². The molecule has 5 nitrogen and oxygen atoms in total. The number of nitrogens with zero attached hydrogens (tertiary/aromatic N) is 2. The van der Waals surface area contributed by atoms with Gasteiger partial charge in [0.2, 0.25) is 0 Å². The third-order valence-electron chi connectivity index (χ3n) is 6.50. The topological polar surface area (TPSA) is 62.6 Å². The molecule has 0 spiro atoms. The molecule has 1 unspecified atom stereocenters. The number of fused-ring (bicyclic) bond motifs is 2. The van der Waals surface area contributed by atoms with Gasteiger partial charge in [-0.05, 0) is 46.2 Å². The Kier molecular flexibility index (Phi) is 5.72.